The number of thiazole rings is 1. The Kier molecular flexibility index (Phi) is 4.74. The Bertz CT molecular complexity index is 845. The van der Waals surface area contributed by atoms with Gasteiger partial charge >= 0.3 is 0 Å². The van der Waals surface area contributed by atoms with Gasteiger partial charge in [0.25, 0.3) is 0 Å². The molecule has 0 amide bonds. The number of nitrogens with zero attached hydrogens (tertiary/aromatic N) is 2. The first-order valence-electron chi connectivity index (χ1n) is 7.35. The van der Waals surface area contributed by atoms with E-state index in [0.717, 1.165) is 28.5 Å². The minimum Gasteiger partial charge on any atom is -0.497 e. The number of benzene rings is 2. The summed E-state index contributed by atoms with van der Waals surface area (Å²) in [7, 11) is 1.66. The molecule has 0 aliphatic heterocycles. The van der Waals surface area contributed by atoms with E-state index in [2.05, 4.69) is 28.7 Å². The quantitative estimate of drug-likeness (QED) is 0.628. The van der Waals surface area contributed by atoms with Crippen LogP contribution in [0.3, 0.4) is 0 Å². The first-order chi connectivity index (χ1) is 11.3. The summed E-state index contributed by atoms with van der Waals surface area (Å²) in [5, 5.41) is 2.14. The maximum atomic E-state index is 5.19. The van der Waals surface area contributed by atoms with Crippen LogP contribution in [0.25, 0.3) is 11.3 Å². The average Bonchev–Trinajstić information content (AvgIpc) is 2.99. The number of ether oxygens (including phenoxy) is 1. The molecule has 3 rings (SSSR count). The van der Waals surface area contributed by atoms with Crippen LogP contribution < -0.4 is 9.54 Å². The zero-order valence-electron chi connectivity index (χ0n) is 13.0. The molecule has 0 aliphatic carbocycles. The number of hydrogen-bond donors (Lipinski definition) is 0. The van der Waals surface area contributed by atoms with Crippen molar-refractivity contribution < 1.29 is 4.74 Å². The van der Waals surface area contributed by atoms with Crippen LogP contribution in [-0.2, 0) is 6.54 Å². The van der Waals surface area contributed by atoms with E-state index in [1.807, 2.05) is 48.5 Å². The highest BCUT2D eigenvalue weighted by Crippen LogP contribution is 2.21. The van der Waals surface area contributed by atoms with Crippen molar-refractivity contribution >= 4 is 17.0 Å². The van der Waals surface area contributed by atoms with Crippen LogP contribution in [0, 0.1) is 0 Å². The molecule has 4 heteroatoms. The fourth-order valence-corrected chi connectivity index (χ4v) is 3.27. The van der Waals surface area contributed by atoms with Crippen molar-refractivity contribution in [3.63, 3.8) is 0 Å². The van der Waals surface area contributed by atoms with Crippen molar-refractivity contribution in [3.05, 3.63) is 77.4 Å². The van der Waals surface area contributed by atoms with Crippen LogP contribution in [0.4, 0.5) is 5.69 Å². The molecule has 2 aromatic carbocycles. The molecule has 116 valence electrons. The minimum absolute atomic E-state index is 0.725. The lowest BCUT2D eigenvalue weighted by Crippen LogP contribution is -2.14. The summed E-state index contributed by atoms with van der Waals surface area (Å²) in [6.07, 6.45) is 1.90. The van der Waals surface area contributed by atoms with Gasteiger partial charge in [0.15, 0.2) is 4.80 Å². The van der Waals surface area contributed by atoms with Gasteiger partial charge in [-0.1, -0.05) is 36.4 Å². The van der Waals surface area contributed by atoms with Crippen molar-refractivity contribution in [2.75, 3.05) is 7.11 Å². The Morgan fingerprint density at radius 1 is 1.13 bits per heavy atom. The van der Waals surface area contributed by atoms with Gasteiger partial charge in [0.2, 0.25) is 0 Å². The monoisotopic (exact) mass is 322 g/mol. The van der Waals surface area contributed by atoms with Crippen molar-refractivity contribution in [2.45, 2.75) is 6.54 Å². The Hall–Kier alpha value is -2.59. The van der Waals surface area contributed by atoms with E-state index in [4.69, 9.17) is 9.73 Å². The lowest BCUT2D eigenvalue weighted by atomic mass is 10.2. The maximum absolute atomic E-state index is 5.19. The van der Waals surface area contributed by atoms with Crippen LogP contribution in [-0.4, -0.2) is 11.7 Å². The standard InChI is InChI=1S/C19H18N2OS/c1-3-13-21-18(15-7-5-4-6-8-15)14-23-19(21)20-16-9-11-17(22-2)12-10-16/h3-12,14H,1,13H2,2H3. The third-order valence-electron chi connectivity index (χ3n) is 3.48. The number of rotatable bonds is 5. The van der Waals surface area contributed by atoms with Crippen LogP contribution in [0.15, 0.2) is 77.6 Å². The molecule has 23 heavy (non-hydrogen) atoms. The average molecular weight is 322 g/mol. The van der Waals surface area contributed by atoms with E-state index in [1.54, 1.807) is 18.4 Å². The Labute approximate surface area is 139 Å². The Morgan fingerprint density at radius 2 is 1.87 bits per heavy atom. The Morgan fingerprint density at radius 3 is 2.52 bits per heavy atom. The number of aromatic nitrogens is 1. The third kappa shape index (κ3) is 3.43. The molecule has 0 spiro atoms. The highest BCUT2D eigenvalue weighted by molar-refractivity contribution is 7.07. The van der Waals surface area contributed by atoms with E-state index in [-0.39, 0.29) is 0 Å². The molecule has 3 nitrogen and oxygen atoms in total. The number of methoxy groups -OCH3 is 1. The number of hydrogen-bond acceptors (Lipinski definition) is 3. The fraction of sp³-hybridized carbons (Fsp3) is 0.105. The summed E-state index contributed by atoms with van der Waals surface area (Å²) in [4.78, 5) is 5.71. The van der Waals surface area contributed by atoms with Crippen molar-refractivity contribution in [2.24, 2.45) is 4.99 Å². The lowest BCUT2D eigenvalue weighted by molar-refractivity contribution is 0.415. The molecule has 0 unspecified atom stereocenters. The molecule has 0 saturated carbocycles. The van der Waals surface area contributed by atoms with Crippen LogP contribution in [0.1, 0.15) is 0 Å². The molecular weight excluding hydrogens is 304 g/mol. The second-order valence-electron chi connectivity index (χ2n) is 4.98. The van der Waals surface area contributed by atoms with Crippen LogP contribution in [0.5, 0.6) is 5.75 Å². The van der Waals surface area contributed by atoms with Gasteiger partial charge in [0, 0.05) is 11.9 Å². The second-order valence-corrected chi connectivity index (χ2v) is 5.82. The molecule has 0 aliphatic rings. The van der Waals surface area contributed by atoms with Gasteiger partial charge in [-0.3, -0.25) is 0 Å². The van der Waals surface area contributed by atoms with Gasteiger partial charge in [0.05, 0.1) is 18.5 Å². The van der Waals surface area contributed by atoms with Crippen LogP contribution in [0.2, 0.25) is 0 Å². The molecular formula is C19H18N2OS. The fourth-order valence-electron chi connectivity index (χ4n) is 2.33. The van der Waals surface area contributed by atoms with Gasteiger partial charge in [0.1, 0.15) is 5.75 Å². The van der Waals surface area contributed by atoms with Crippen LogP contribution >= 0.6 is 11.3 Å². The van der Waals surface area contributed by atoms with Crippen molar-refractivity contribution in [3.8, 4) is 17.0 Å². The molecule has 0 N–H and O–H groups in total. The molecule has 1 aromatic heterocycles. The van der Waals surface area contributed by atoms with Gasteiger partial charge in [-0.25, -0.2) is 4.99 Å². The summed E-state index contributed by atoms with van der Waals surface area (Å²) in [6, 6.07) is 18.1. The van der Waals surface area contributed by atoms with Gasteiger partial charge in [-0.2, -0.15) is 0 Å². The number of allylic oxidation sites excluding steroid dienone is 1. The summed E-state index contributed by atoms with van der Waals surface area (Å²) in [6.45, 7) is 4.59. The predicted molar refractivity (Wildman–Crippen MR) is 96.2 cm³/mol. The Balaban J connectivity index is 2.06. The lowest BCUT2D eigenvalue weighted by Gasteiger charge is -2.06. The summed E-state index contributed by atoms with van der Waals surface area (Å²) in [5.41, 5.74) is 3.25. The topological polar surface area (TPSA) is 26.5 Å². The predicted octanol–water partition coefficient (Wildman–Crippen LogP) is 4.64. The molecule has 0 radical (unpaired) electrons. The zero-order chi connectivity index (χ0) is 16.1. The van der Waals surface area contributed by atoms with E-state index in [9.17, 15) is 0 Å². The summed E-state index contributed by atoms with van der Waals surface area (Å²) < 4.78 is 7.36. The second kappa shape index (κ2) is 7.11. The van der Waals surface area contributed by atoms with Gasteiger partial charge < -0.3 is 9.30 Å². The van der Waals surface area contributed by atoms with Gasteiger partial charge in [-0.05, 0) is 29.8 Å². The molecule has 0 saturated heterocycles. The maximum Gasteiger partial charge on any atom is 0.190 e. The smallest absolute Gasteiger partial charge is 0.190 e. The van der Waals surface area contributed by atoms with Crippen molar-refractivity contribution in [1.82, 2.24) is 4.57 Å². The van der Waals surface area contributed by atoms with Gasteiger partial charge in [-0.15, -0.1) is 17.9 Å². The third-order valence-corrected chi connectivity index (χ3v) is 4.34. The highest BCUT2D eigenvalue weighted by Gasteiger charge is 2.06. The van der Waals surface area contributed by atoms with E-state index < -0.39 is 0 Å². The minimum atomic E-state index is 0.725. The van der Waals surface area contributed by atoms with E-state index in [0.29, 0.717) is 0 Å². The van der Waals surface area contributed by atoms with E-state index >= 15 is 0 Å². The molecule has 1 heterocycles. The SMILES string of the molecule is C=CCn1c(-c2ccccc2)csc1=Nc1ccc(OC)cc1. The zero-order valence-corrected chi connectivity index (χ0v) is 13.8. The first-order valence-corrected chi connectivity index (χ1v) is 8.23. The largest absolute Gasteiger partial charge is 0.497 e. The normalized spacial score (nSPS) is 11.4. The first kappa shape index (κ1) is 15.3. The summed E-state index contributed by atoms with van der Waals surface area (Å²) >= 11 is 1.63. The molecule has 3 aromatic rings. The molecule has 0 bridgehead atoms. The summed E-state index contributed by atoms with van der Waals surface area (Å²) in [5.74, 6) is 0.832. The van der Waals surface area contributed by atoms with Crippen molar-refractivity contribution in [1.29, 1.82) is 0 Å². The van der Waals surface area contributed by atoms with E-state index in [1.165, 1.54) is 5.56 Å². The highest BCUT2D eigenvalue weighted by atomic mass is 32.1. The molecule has 0 fully saturated rings. The molecule has 0 atom stereocenters.